The van der Waals surface area contributed by atoms with Crippen molar-refractivity contribution in [2.24, 2.45) is 15.9 Å². The van der Waals surface area contributed by atoms with Gasteiger partial charge in [0, 0.05) is 20.3 Å². The highest BCUT2D eigenvalue weighted by Gasteiger charge is 2.43. The Labute approximate surface area is 139 Å². The zero-order chi connectivity index (χ0) is 17.4. The molecular weight excluding hydrogens is 308 g/mol. The lowest BCUT2D eigenvalue weighted by atomic mass is 9.95. The molecule has 3 rings (SSSR count). The number of allylic oxidation sites excluding steroid dienone is 1. The molecule has 0 N–H and O–H groups in total. The number of benzene rings is 1. The molecule has 2 heterocycles. The third-order valence-electron chi connectivity index (χ3n) is 4.09. The van der Waals surface area contributed by atoms with Gasteiger partial charge in [-0.1, -0.05) is 6.07 Å². The molecule has 0 radical (unpaired) electrons. The number of carbonyl (C=O) groups excluding carboxylic acids is 2. The number of amides is 3. The minimum Gasteiger partial charge on any atom is -0.494 e. The highest BCUT2D eigenvalue weighted by molar-refractivity contribution is 6.32. The maximum atomic E-state index is 12.6. The third-order valence-corrected chi connectivity index (χ3v) is 4.09. The Bertz CT molecular complexity index is 810. The second kappa shape index (κ2) is 5.92. The van der Waals surface area contributed by atoms with E-state index in [1.54, 1.807) is 26.4 Å². The maximum Gasteiger partial charge on any atom is 0.331 e. The van der Waals surface area contributed by atoms with Gasteiger partial charge < -0.3 is 4.74 Å². The molecule has 7 nitrogen and oxygen atoms in total. The number of amidine groups is 1. The molecule has 3 amide bonds. The fraction of sp³-hybridized carbons (Fsp3) is 0.294. The number of imide groups is 1. The number of hydrogen-bond acceptors (Lipinski definition) is 5. The molecule has 7 heteroatoms. The largest absolute Gasteiger partial charge is 0.494 e. The van der Waals surface area contributed by atoms with Crippen LogP contribution in [0.5, 0.6) is 5.75 Å². The van der Waals surface area contributed by atoms with Crippen LogP contribution in [0.25, 0.3) is 0 Å². The van der Waals surface area contributed by atoms with E-state index >= 15 is 0 Å². The Morgan fingerprint density at radius 3 is 2.67 bits per heavy atom. The van der Waals surface area contributed by atoms with Crippen LogP contribution >= 0.6 is 0 Å². The van der Waals surface area contributed by atoms with Gasteiger partial charge in [-0.15, -0.1) is 0 Å². The number of aliphatic imine (C=N–C) groups is 2. The minimum atomic E-state index is -0.701. The number of nitrogens with zero attached hydrogens (tertiary/aromatic N) is 4. The Morgan fingerprint density at radius 2 is 1.96 bits per heavy atom. The summed E-state index contributed by atoms with van der Waals surface area (Å²) in [5, 5.41) is 0. The summed E-state index contributed by atoms with van der Waals surface area (Å²) in [5.74, 6) is -0.0398. The highest BCUT2D eigenvalue weighted by atomic mass is 16.5. The molecule has 24 heavy (non-hydrogen) atoms. The van der Waals surface area contributed by atoms with Gasteiger partial charge in [0.05, 0.1) is 12.8 Å². The molecule has 124 valence electrons. The van der Waals surface area contributed by atoms with Gasteiger partial charge in [-0.25, -0.2) is 14.8 Å². The number of urea groups is 1. The van der Waals surface area contributed by atoms with Crippen LogP contribution in [0.4, 0.5) is 10.5 Å². The van der Waals surface area contributed by atoms with Gasteiger partial charge >= 0.3 is 6.03 Å². The molecule has 1 atom stereocenters. The highest BCUT2D eigenvalue weighted by Crippen LogP contribution is 2.31. The van der Waals surface area contributed by atoms with Gasteiger partial charge in [0.25, 0.3) is 0 Å². The van der Waals surface area contributed by atoms with Crippen LogP contribution in [0.2, 0.25) is 0 Å². The summed E-state index contributed by atoms with van der Waals surface area (Å²) >= 11 is 0. The lowest BCUT2D eigenvalue weighted by Crippen LogP contribution is -2.59. The van der Waals surface area contributed by atoms with Gasteiger partial charge in [-0.2, -0.15) is 0 Å². The van der Waals surface area contributed by atoms with Crippen LogP contribution in [0.3, 0.4) is 0 Å². The van der Waals surface area contributed by atoms with E-state index in [-0.39, 0.29) is 5.91 Å². The summed E-state index contributed by atoms with van der Waals surface area (Å²) in [5.41, 5.74) is 2.19. The first-order chi connectivity index (χ1) is 11.4. The zero-order valence-corrected chi connectivity index (χ0v) is 14.0. The molecule has 0 saturated carbocycles. The first kappa shape index (κ1) is 15.9. The monoisotopic (exact) mass is 326 g/mol. The lowest BCUT2D eigenvalue weighted by molar-refractivity contribution is -0.128. The van der Waals surface area contributed by atoms with E-state index in [4.69, 9.17) is 4.74 Å². The topological polar surface area (TPSA) is 74.6 Å². The molecule has 0 bridgehead atoms. The molecular formula is C17H18N4O3. The van der Waals surface area contributed by atoms with Crippen LogP contribution in [-0.4, -0.2) is 54.5 Å². The summed E-state index contributed by atoms with van der Waals surface area (Å²) in [6.45, 7) is 1.96. The van der Waals surface area contributed by atoms with Crippen molar-refractivity contribution in [2.75, 3.05) is 21.2 Å². The fourth-order valence-corrected chi connectivity index (χ4v) is 2.75. The summed E-state index contributed by atoms with van der Waals surface area (Å²) in [7, 11) is 4.63. The predicted molar refractivity (Wildman–Crippen MR) is 90.8 cm³/mol. The van der Waals surface area contributed by atoms with Crippen LogP contribution in [0.15, 0.2) is 40.5 Å². The van der Waals surface area contributed by atoms with Gasteiger partial charge in [0.15, 0.2) is 0 Å². The molecule has 1 saturated heterocycles. The molecule has 0 aromatic heterocycles. The van der Waals surface area contributed by atoms with E-state index < -0.39 is 11.9 Å². The molecule has 1 unspecified atom stereocenters. The smallest absolute Gasteiger partial charge is 0.331 e. The number of ether oxygens (including phenoxy) is 1. The summed E-state index contributed by atoms with van der Waals surface area (Å²) in [4.78, 5) is 35.9. The minimum absolute atomic E-state index is 0.341. The third kappa shape index (κ3) is 2.47. The number of rotatable bonds is 2. The van der Waals surface area contributed by atoms with E-state index in [0.717, 1.165) is 10.5 Å². The Hall–Kier alpha value is -2.96. The van der Waals surface area contributed by atoms with Crippen LogP contribution in [-0.2, 0) is 4.79 Å². The normalized spacial score (nSPS) is 21.9. The molecule has 2 aliphatic heterocycles. The standard InChI is InChI=1S/C17H18N4O3/c1-10-5-6-13(24-4)12(9-10)19-11-7-8-18-15-14(11)16(22)21(3)17(23)20(15)2/h5-9,14H,1-4H3. The van der Waals surface area contributed by atoms with Crippen molar-refractivity contribution in [3.05, 3.63) is 36.0 Å². The van der Waals surface area contributed by atoms with Crippen LogP contribution < -0.4 is 4.74 Å². The number of methoxy groups -OCH3 is 1. The number of fused-ring (bicyclic) bond motifs is 1. The van der Waals surface area contributed by atoms with Crippen molar-refractivity contribution >= 4 is 29.2 Å². The summed E-state index contributed by atoms with van der Waals surface area (Å²) in [6.07, 6.45) is 3.24. The second-order valence-electron chi connectivity index (χ2n) is 5.69. The predicted octanol–water partition coefficient (Wildman–Crippen LogP) is 2.14. The van der Waals surface area contributed by atoms with Crippen LogP contribution in [0.1, 0.15) is 5.56 Å². The van der Waals surface area contributed by atoms with E-state index in [9.17, 15) is 9.59 Å². The number of aryl methyl sites for hydroxylation is 1. The average molecular weight is 326 g/mol. The maximum absolute atomic E-state index is 12.6. The summed E-state index contributed by atoms with van der Waals surface area (Å²) < 4.78 is 5.34. The van der Waals surface area contributed by atoms with Crippen molar-refractivity contribution in [2.45, 2.75) is 6.92 Å². The molecule has 0 spiro atoms. The molecule has 1 fully saturated rings. The van der Waals surface area contributed by atoms with Crippen molar-refractivity contribution in [3.63, 3.8) is 0 Å². The van der Waals surface area contributed by atoms with E-state index in [2.05, 4.69) is 9.98 Å². The summed E-state index contributed by atoms with van der Waals surface area (Å²) in [6, 6.07) is 5.24. The van der Waals surface area contributed by atoms with Crippen molar-refractivity contribution < 1.29 is 14.3 Å². The van der Waals surface area contributed by atoms with Gasteiger partial charge in [0.1, 0.15) is 23.2 Å². The van der Waals surface area contributed by atoms with Gasteiger partial charge in [-0.3, -0.25) is 14.6 Å². The number of carbonyl (C=O) groups is 2. The lowest BCUT2D eigenvalue weighted by Gasteiger charge is -2.36. The second-order valence-corrected chi connectivity index (χ2v) is 5.69. The number of hydrogen-bond donors (Lipinski definition) is 0. The Balaban J connectivity index is 2.08. The molecule has 2 aliphatic rings. The van der Waals surface area contributed by atoms with E-state index in [1.807, 2.05) is 25.1 Å². The van der Waals surface area contributed by atoms with Crippen molar-refractivity contribution in [3.8, 4) is 5.75 Å². The first-order valence-corrected chi connectivity index (χ1v) is 7.46. The Kier molecular flexibility index (Phi) is 3.92. The molecule has 0 aliphatic carbocycles. The average Bonchev–Trinajstić information content (AvgIpc) is 2.58. The molecule has 1 aromatic rings. The molecule has 1 aromatic carbocycles. The zero-order valence-electron chi connectivity index (χ0n) is 14.0. The van der Waals surface area contributed by atoms with Gasteiger partial charge in [-0.05, 0) is 30.7 Å². The Morgan fingerprint density at radius 1 is 1.21 bits per heavy atom. The van der Waals surface area contributed by atoms with Crippen LogP contribution in [0, 0.1) is 12.8 Å². The first-order valence-electron chi connectivity index (χ1n) is 7.46. The fourth-order valence-electron chi connectivity index (χ4n) is 2.75. The van der Waals surface area contributed by atoms with E-state index in [0.29, 0.717) is 23.0 Å². The van der Waals surface area contributed by atoms with Crippen molar-refractivity contribution in [1.82, 2.24) is 9.80 Å². The quantitative estimate of drug-likeness (QED) is 0.835. The van der Waals surface area contributed by atoms with Gasteiger partial charge in [0.2, 0.25) is 5.91 Å². The van der Waals surface area contributed by atoms with Crippen molar-refractivity contribution in [1.29, 1.82) is 0 Å². The SMILES string of the molecule is COc1ccc(C)cc1N=C1C=CN=C2C1C(=O)N(C)C(=O)N2C. The van der Waals surface area contributed by atoms with E-state index in [1.165, 1.54) is 11.9 Å².